The molecule has 2 nitrogen and oxygen atoms in total. The highest BCUT2D eigenvalue weighted by Crippen LogP contribution is 2.18. The van der Waals surface area contributed by atoms with Gasteiger partial charge in [0.05, 0.1) is 6.61 Å². The van der Waals surface area contributed by atoms with Crippen LogP contribution in [0.3, 0.4) is 0 Å². The first kappa shape index (κ1) is 10.0. The van der Waals surface area contributed by atoms with Gasteiger partial charge in [-0.15, -0.1) is 0 Å². The molecule has 72 valence electrons. The number of hydrogen-bond donors (Lipinski definition) is 0. The highest BCUT2D eigenvalue weighted by atomic mass is 16.5. The van der Waals surface area contributed by atoms with Crippen LogP contribution in [-0.4, -0.2) is 37.7 Å². The second-order valence-corrected chi connectivity index (χ2v) is 4.05. The molecule has 0 amide bonds. The Morgan fingerprint density at radius 2 is 2.25 bits per heavy atom. The van der Waals surface area contributed by atoms with Crippen molar-refractivity contribution in [3.05, 3.63) is 0 Å². The molecular formula is C10H21NO. The van der Waals surface area contributed by atoms with Crippen LogP contribution in [0, 0.1) is 5.92 Å². The van der Waals surface area contributed by atoms with Gasteiger partial charge in [0.15, 0.2) is 0 Å². The summed E-state index contributed by atoms with van der Waals surface area (Å²) in [6, 6.07) is 0.699. The molecule has 1 rings (SSSR count). The Balaban J connectivity index is 2.30. The molecule has 0 aromatic carbocycles. The Morgan fingerprint density at radius 1 is 1.50 bits per heavy atom. The van der Waals surface area contributed by atoms with E-state index in [4.69, 9.17) is 4.74 Å². The van der Waals surface area contributed by atoms with Gasteiger partial charge in [-0.1, -0.05) is 0 Å². The fourth-order valence-electron chi connectivity index (χ4n) is 1.94. The summed E-state index contributed by atoms with van der Waals surface area (Å²) in [5.74, 6) is 0.770. The van der Waals surface area contributed by atoms with Crippen molar-refractivity contribution in [1.29, 1.82) is 0 Å². The second-order valence-electron chi connectivity index (χ2n) is 4.05. The third-order valence-electron chi connectivity index (χ3n) is 2.68. The molecular weight excluding hydrogens is 150 g/mol. The molecule has 1 aliphatic rings. The van der Waals surface area contributed by atoms with Crippen LogP contribution >= 0.6 is 0 Å². The zero-order valence-electron chi connectivity index (χ0n) is 8.55. The lowest BCUT2D eigenvalue weighted by molar-refractivity contribution is 0.0763. The summed E-state index contributed by atoms with van der Waals surface area (Å²) in [6.07, 6.45) is 2.68. The molecule has 1 saturated heterocycles. The Hall–Kier alpha value is -0.0800. The third-order valence-corrected chi connectivity index (χ3v) is 2.68. The van der Waals surface area contributed by atoms with Gasteiger partial charge in [-0.05, 0) is 39.2 Å². The van der Waals surface area contributed by atoms with Crippen molar-refractivity contribution in [2.24, 2.45) is 5.92 Å². The first-order valence-electron chi connectivity index (χ1n) is 4.97. The first-order valence-corrected chi connectivity index (χ1v) is 4.97. The number of hydrogen-bond acceptors (Lipinski definition) is 2. The lowest BCUT2D eigenvalue weighted by atomic mass is 9.98. The van der Waals surface area contributed by atoms with E-state index in [1.54, 1.807) is 7.11 Å². The van der Waals surface area contributed by atoms with Crippen LogP contribution < -0.4 is 0 Å². The van der Waals surface area contributed by atoms with Gasteiger partial charge in [0.25, 0.3) is 0 Å². The number of likely N-dealkylation sites (tertiary alicyclic amines) is 1. The zero-order chi connectivity index (χ0) is 8.97. The van der Waals surface area contributed by atoms with E-state index in [1.807, 2.05) is 0 Å². The van der Waals surface area contributed by atoms with E-state index < -0.39 is 0 Å². The SMILES string of the molecule is COC[C@H]1CCCN(C(C)C)C1. The predicted molar refractivity (Wildman–Crippen MR) is 51.3 cm³/mol. The zero-order valence-corrected chi connectivity index (χ0v) is 8.55. The highest BCUT2D eigenvalue weighted by molar-refractivity contribution is 4.74. The monoisotopic (exact) mass is 171 g/mol. The molecule has 1 atom stereocenters. The van der Waals surface area contributed by atoms with Gasteiger partial charge in [0, 0.05) is 19.7 Å². The van der Waals surface area contributed by atoms with Gasteiger partial charge in [-0.25, -0.2) is 0 Å². The van der Waals surface area contributed by atoms with Crippen LogP contribution in [0.1, 0.15) is 26.7 Å². The molecule has 0 aromatic heterocycles. The summed E-state index contributed by atoms with van der Waals surface area (Å²) in [5.41, 5.74) is 0. The molecule has 0 N–H and O–H groups in total. The molecule has 0 spiro atoms. The summed E-state index contributed by atoms with van der Waals surface area (Å²) < 4.78 is 5.18. The van der Waals surface area contributed by atoms with Gasteiger partial charge in [-0.2, -0.15) is 0 Å². The van der Waals surface area contributed by atoms with E-state index in [0.717, 1.165) is 12.5 Å². The van der Waals surface area contributed by atoms with E-state index >= 15 is 0 Å². The minimum absolute atomic E-state index is 0.699. The topological polar surface area (TPSA) is 12.5 Å². The molecule has 2 heteroatoms. The number of rotatable bonds is 3. The van der Waals surface area contributed by atoms with Crippen LogP contribution in [0.15, 0.2) is 0 Å². The molecule has 0 bridgehead atoms. The molecule has 0 unspecified atom stereocenters. The summed E-state index contributed by atoms with van der Waals surface area (Å²) >= 11 is 0. The van der Waals surface area contributed by atoms with Crippen molar-refractivity contribution >= 4 is 0 Å². The lowest BCUT2D eigenvalue weighted by Crippen LogP contribution is -2.41. The molecule has 0 aromatic rings. The molecule has 0 saturated carbocycles. The minimum atomic E-state index is 0.699. The fraction of sp³-hybridized carbons (Fsp3) is 1.00. The summed E-state index contributed by atoms with van der Waals surface area (Å²) in [7, 11) is 1.80. The second kappa shape index (κ2) is 4.83. The summed E-state index contributed by atoms with van der Waals surface area (Å²) in [6.45, 7) is 7.98. The fourth-order valence-corrected chi connectivity index (χ4v) is 1.94. The van der Waals surface area contributed by atoms with E-state index in [-0.39, 0.29) is 0 Å². The van der Waals surface area contributed by atoms with Crippen LogP contribution in [0.2, 0.25) is 0 Å². The minimum Gasteiger partial charge on any atom is -0.384 e. The number of piperidine rings is 1. The van der Waals surface area contributed by atoms with Gasteiger partial charge < -0.3 is 9.64 Å². The maximum Gasteiger partial charge on any atom is 0.0502 e. The first-order chi connectivity index (χ1) is 5.74. The normalized spacial score (nSPS) is 26.5. The predicted octanol–water partition coefficient (Wildman–Crippen LogP) is 1.75. The Bertz CT molecular complexity index is 123. The molecule has 0 radical (unpaired) electrons. The maximum absolute atomic E-state index is 5.18. The van der Waals surface area contributed by atoms with Gasteiger partial charge in [0.2, 0.25) is 0 Å². The molecule has 0 aliphatic carbocycles. The van der Waals surface area contributed by atoms with Crippen molar-refractivity contribution in [3.63, 3.8) is 0 Å². The van der Waals surface area contributed by atoms with Crippen LogP contribution in [0.5, 0.6) is 0 Å². The smallest absolute Gasteiger partial charge is 0.0502 e. The maximum atomic E-state index is 5.18. The molecule has 12 heavy (non-hydrogen) atoms. The molecule has 1 fully saturated rings. The number of methoxy groups -OCH3 is 1. The van der Waals surface area contributed by atoms with Crippen molar-refractivity contribution in [1.82, 2.24) is 4.90 Å². The average molecular weight is 171 g/mol. The van der Waals surface area contributed by atoms with Gasteiger partial charge in [-0.3, -0.25) is 0 Å². The van der Waals surface area contributed by atoms with Gasteiger partial charge in [0.1, 0.15) is 0 Å². The quantitative estimate of drug-likeness (QED) is 0.641. The largest absolute Gasteiger partial charge is 0.384 e. The average Bonchev–Trinajstić information content (AvgIpc) is 2.05. The van der Waals surface area contributed by atoms with E-state index in [2.05, 4.69) is 18.7 Å². The van der Waals surface area contributed by atoms with Crippen LogP contribution in [0.4, 0.5) is 0 Å². The third kappa shape index (κ3) is 2.76. The van der Waals surface area contributed by atoms with E-state index in [9.17, 15) is 0 Å². The van der Waals surface area contributed by atoms with Crippen LogP contribution in [-0.2, 0) is 4.74 Å². The Labute approximate surface area is 75.9 Å². The Morgan fingerprint density at radius 3 is 2.83 bits per heavy atom. The number of ether oxygens (including phenoxy) is 1. The molecule has 1 aliphatic heterocycles. The van der Waals surface area contributed by atoms with E-state index in [0.29, 0.717) is 6.04 Å². The van der Waals surface area contributed by atoms with Crippen molar-refractivity contribution in [2.45, 2.75) is 32.7 Å². The number of nitrogens with zero attached hydrogens (tertiary/aromatic N) is 1. The van der Waals surface area contributed by atoms with Crippen molar-refractivity contribution in [2.75, 3.05) is 26.8 Å². The standard InChI is InChI=1S/C10H21NO/c1-9(2)11-6-4-5-10(7-11)8-12-3/h9-10H,4-8H2,1-3H3/t10-/m0/s1. The van der Waals surface area contributed by atoms with Gasteiger partial charge >= 0.3 is 0 Å². The van der Waals surface area contributed by atoms with Crippen molar-refractivity contribution in [3.8, 4) is 0 Å². The summed E-state index contributed by atoms with van der Waals surface area (Å²) in [5, 5.41) is 0. The molecule has 1 heterocycles. The highest BCUT2D eigenvalue weighted by Gasteiger charge is 2.20. The van der Waals surface area contributed by atoms with E-state index in [1.165, 1.54) is 25.9 Å². The summed E-state index contributed by atoms with van der Waals surface area (Å²) in [4.78, 5) is 2.55. The Kier molecular flexibility index (Phi) is 4.02. The van der Waals surface area contributed by atoms with Crippen molar-refractivity contribution < 1.29 is 4.74 Å². The van der Waals surface area contributed by atoms with Crippen LogP contribution in [0.25, 0.3) is 0 Å². The lowest BCUT2D eigenvalue weighted by Gasteiger charge is -2.35.